The summed E-state index contributed by atoms with van der Waals surface area (Å²) in [6.07, 6.45) is 1.56. The number of thiophene rings is 1. The summed E-state index contributed by atoms with van der Waals surface area (Å²) in [7, 11) is 3.27. The molecule has 0 saturated carbocycles. The van der Waals surface area contributed by atoms with Crippen LogP contribution >= 0.6 is 46.3 Å². The van der Waals surface area contributed by atoms with Gasteiger partial charge in [-0.15, -0.1) is 23.7 Å². The maximum Gasteiger partial charge on any atom is 0.151 e. The van der Waals surface area contributed by atoms with Gasteiger partial charge in [0.05, 0.1) is 33.0 Å². The van der Waals surface area contributed by atoms with Crippen molar-refractivity contribution in [2.45, 2.75) is 0 Å². The summed E-state index contributed by atoms with van der Waals surface area (Å²) in [6.45, 7) is 0. The summed E-state index contributed by atoms with van der Waals surface area (Å²) in [6, 6.07) is 7.63. The van der Waals surface area contributed by atoms with Gasteiger partial charge in [-0.3, -0.25) is 0 Å². The van der Waals surface area contributed by atoms with E-state index in [1.54, 1.807) is 31.9 Å². The van der Waals surface area contributed by atoms with Crippen molar-refractivity contribution < 1.29 is 9.47 Å². The molecule has 0 radical (unpaired) electrons. The van der Waals surface area contributed by atoms with Crippen LogP contribution in [0.1, 0.15) is 0 Å². The van der Waals surface area contributed by atoms with Gasteiger partial charge in [-0.25, -0.2) is 9.97 Å². The molecular formula is C14H13ClIN3O2S. The van der Waals surface area contributed by atoms with Crippen LogP contribution in [0, 0.1) is 2.88 Å². The molecule has 0 saturated heterocycles. The topological polar surface area (TPSA) is 56.3 Å². The van der Waals surface area contributed by atoms with Crippen molar-refractivity contribution >= 4 is 68.1 Å². The summed E-state index contributed by atoms with van der Waals surface area (Å²) in [5, 5.41) is 3.31. The molecule has 22 heavy (non-hydrogen) atoms. The SMILES string of the molecule is COc1ccc(OC)c(Nc2ncnc3cc(I)sc23)c1.Cl. The van der Waals surface area contributed by atoms with Crippen molar-refractivity contribution in [3.63, 3.8) is 0 Å². The number of methoxy groups -OCH3 is 2. The Balaban J connectivity index is 0.00000176. The molecule has 8 heteroatoms. The first kappa shape index (κ1) is 17.0. The van der Waals surface area contributed by atoms with Crippen LogP contribution in [0.4, 0.5) is 11.5 Å². The predicted molar refractivity (Wildman–Crippen MR) is 100 cm³/mol. The number of rotatable bonds is 4. The molecule has 0 spiro atoms. The fraction of sp³-hybridized carbons (Fsp3) is 0.143. The van der Waals surface area contributed by atoms with E-state index in [0.29, 0.717) is 0 Å². The third kappa shape index (κ3) is 3.36. The first-order valence-electron chi connectivity index (χ1n) is 6.10. The van der Waals surface area contributed by atoms with Crippen LogP contribution in [0.5, 0.6) is 11.5 Å². The van der Waals surface area contributed by atoms with Gasteiger partial charge in [-0.2, -0.15) is 0 Å². The summed E-state index contributed by atoms with van der Waals surface area (Å²) in [4.78, 5) is 8.61. The number of ether oxygens (including phenoxy) is 2. The summed E-state index contributed by atoms with van der Waals surface area (Å²) < 4.78 is 12.8. The normalized spacial score (nSPS) is 10.1. The molecule has 0 bridgehead atoms. The Morgan fingerprint density at radius 3 is 2.68 bits per heavy atom. The van der Waals surface area contributed by atoms with Crippen molar-refractivity contribution in [2.24, 2.45) is 0 Å². The summed E-state index contributed by atoms with van der Waals surface area (Å²) >= 11 is 3.93. The highest BCUT2D eigenvalue weighted by molar-refractivity contribution is 14.1. The van der Waals surface area contributed by atoms with Crippen LogP contribution in [0.15, 0.2) is 30.6 Å². The van der Waals surface area contributed by atoms with Crippen molar-refractivity contribution in [1.29, 1.82) is 0 Å². The lowest BCUT2D eigenvalue weighted by Gasteiger charge is -2.12. The first-order valence-corrected chi connectivity index (χ1v) is 8.00. The number of nitrogens with one attached hydrogen (secondary N) is 1. The molecule has 3 rings (SSSR count). The molecule has 0 aliphatic carbocycles. The molecule has 1 aromatic carbocycles. The summed E-state index contributed by atoms with van der Waals surface area (Å²) in [5.74, 6) is 2.25. The van der Waals surface area contributed by atoms with Gasteiger partial charge in [-0.05, 0) is 40.8 Å². The maximum atomic E-state index is 5.37. The molecule has 0 aliphatic heterocycles. The number of nitrogens with zero attached hydrogens (tertiary/aromatic N) is 2. The first-order chi connectivity index (χ1) is 10.2. The van der Waals surface area contributed by atoms with Crippen LogP contribution in [0.25, 0.3) is 10.2 Å². The van der Waals surface area contributed by atoms with Gasteiger partial charge >= 0.3 is 0 Å². The van der Waals surface area contributed by atoms with E-state index >= 15 is 0 Å². The second-order valence-electron chi connectivity index (χ2n) is 4.18. The van der Waals surface area contributed by atoms with Gasteiger partial charge in [0.2, 0.25) is 0 Å². The molecule has 1 N–H and O–H groups in total. The Kier molecular flexibility index (Phi) is 5.65. The molecule has 116 valence electrons. The van der Waals surface area contributed by atoms with E-state index < -0.39 is 0 Å². The lowest BCUT2D eigenvalue weighted by atomic mass is 10.2. The third-order valence-electron chi connectivity index (χ3n) is 2.94. The van der Waals surface area contributed by atoms with E-state index in [2.05, 4.69) is 37.9 Å². The molecule has 0 aliphatic rings. The minimum Gasteiger partial charge on any atom is -0.497 e. The molecule has 0 atom stereocenters. The highest BCUT2D eigenvalue weighted by atomic mass is 127. The lowest BCUT2D eigenvalue weighted by molar-refractivity contribution is 0.405. The fourth-order valence-electron chi connectivity index (χ4n) is 1.95. The predicted octanol–water partition coefficient (Wildman–Crippen LogP) is 4.48. The summed E-state index contributed by atoms with van der Waals surface area (Å²) in [5.41, 5.74) is 1.74. The zero-order valence-corrected chi connectivity index (χ0v) is 15.6. The Bertz CT molecular complexity index is 797. The van der Waals surface area contributed by atoms with Crippen LogP contribution in [0.3, 0.4) is 0 Å². The molecule has 3 aromatic rings. The molecule has 2 heterocycles. The standard InChI is InChI=1S/C14H12IN3O2S.ClH/c1-19-8-3-4-11(20-2)9(5-8)18-14-13-10(16-7-17-14)6-12(15)21-13;/h3-7H,1-2H3,(H,16,17,18);1H. The highest BCUT2D eigenvalue weighted by Gasteiger charge is 2.11. The van der Waals surface area contributed by atoms with Gasteiger partial charge in [0.15, 0.2) is 5.82 Å². The number of hydrogen-bond acceptors (Lipinski definition) is 6. The number of halogens is 2. The van der Waals surface area contributed by atoms with E-state index in [0.717, 1.165) is 33.2 Å². The van der Waals surface area contributed by atoms with E-state index in [-0.39, 0.29) is 12.4 Å². The largest absolute Gasteiger partial charge is 0.497 e. The fourth-order valence-corrected chi connectivity index (χ4v) is 3.69. The van der Waals surface area contributed by atoms with Crippen molar-refractivity contribution in [1.82, 2.24) is 9.97 Å². The van der Waals surface area contributed by atoms with Crippen molar-refractivity contribution in [3.8, 4) is 11.5 Å². The minimum absolute atomic E-state index is 0. The second kappa shape index (κ2) is 7.30. The number of fused-ring (bicyclic) bond motifs is 1. The van der Waals surface area contributed by atoms with Crippen LogP contribution in [-0.2, 0) is 0 Å². The maximum absolute atomic E-state index is 5.37. The van der Waals surface area contributed by atoms with Crippen molar-refractivity contribution in [3.05, 3.63) is 33.5 Å². The minimum atomic E-state index is 0. The molecule has 0 amide bonds. The van der Waals surface area contributed by atoms with Crippen LogP contribution in [0.2, 0.25) is 0 Å². The molecule has 0 fully saturated rings. The van der Waals surface area contributed by atoms with Gasteiger partial charge in [0.25, 0.3) is 0 Å². The van der Waals surface area contributed by atoms with Crippen molar-refractivity contribution in [2.75, 3.05) is 19.5 Å². The Labute approximate surface area is 151 Å². The monoisotopic (exact) mass is 449 g/mol. The number of hydrogen-bond donors (Lipinski definition) is 1. The molecule has 5 nitrogen and oxygen atoms in total. The quantitative estimate of drug-likeness (QED) is 0.595. The zero-order valence-electron chi connectivity index (χ0n) is 11.8. The Morgan fingerprint density at radius 2 is 1.95 bits per heavy atom. The Morgan fingerprint density at radius 1 is 1.14 bits per heavy atom. The average molecular weight is 450 g/mol. The van der Waals surface area contributed by atoms with E-state index in [1.165, 1.54) is 2.88 Å². The van der Waals surface area contributed by atoms with E-state index in [1.807, 2.05) is 24.3 Å². The van der Waals surface area contributed by atoms with Crippen LogP contribution < -0.4 is 14.8 Å². The smallest absolute Gasteiger partial charge is 0.151 e. The van der Waals surface area contributed by atoms with Crippen LogP contribution in [-0.4, -0.2) is 24.2 Å². The van der Waals surface area contributed by atoms with Gasteiger partial charge in [0, 0.05) is 6.07 Å². The lowest BCUT2D eigenvalue weighted by Crippen LogP contribution is -1.98. The zero-order chi connectivity index (χ0) is 14.8. The van der Waals surface area contributed by atoms with E-state index in [4.69, 9.17) is 9.47 Å². The number of anilines is 2. The number of aromatic nitrogens is 2. The number of benzene rings is 1. The van der Waals surface area contributed by atoms with Gasteiger partial charge in [-0.1, -0.05) is 0 Å². The third-order valence-corrected chi connectivity index (χ3v) is 4.83. The van der Waals surface area contributed by atoms with E-state index in [9.17, 15) is 0 Å². The Hall–Kier alpha value is -1.32. The highest BCUT2D eigenvalue weighted by Crippen LogP contribution is 2.35. The molecule has 0 unspecified atom stereocenters. The molecular weight excluding hydrogens is 437 g/mol. The second-order valence-corrected chi connectivity index (χ2v) is 7.12. The van der Waals surface area contributed by atoms with Gasteiger partial charge in [0.1, 0.15) is 17.8 Å². The van der Waals surface area contributed by atoms with Gasteiger partial charge < -0.3 is 14.8 Å². The average Bonchev–Trinajstić information content (AvgIpc) is 2.88. The molecule has 2 aromatic heterocycles.